The van der Waals surface area contributed by atoms with Gasteiger partial charge in [0.05, 0.1) is 17.9 Å². The third-order valence-electron chi connectivity index (χ3n) is 2.78. The lowest BCUT2D eigenvalue weighted by Crippen LogP contribution is -2.24. The van der Waals surface area contributed by atoms with Crippen LogP contribution in [0.5, 0.6) is 5.75 Å². The summed E-state index contributed by atoms with van der Waals surface area (Å²) in [5.41, 5.74) is 1.11. The summed E-state index contributed by atoms with van der Waals surface area (Å²) in [5, 5.41) is 3.24. The minimum Gasteiger partial charge on any atom is -0.497 e. The molecule has 1 aromatic rings. The second-order valence-electron chi connectivity index (χ2n) is 3.58. The van der Waals surface area contributed by atoms with Crippen molar-refractivity contribution in [3.8, 4) is 5.75 Å². The van der Waals surface area contributed by atoms with E-state index in [9.17, 15) is 4.21 Å². The summed E-state index contributed by atoms with van der Waals surface area (Å²) in [6.45, 7) is 0. The molecule has 0 spiro atoms. The van der Waals surface area contributed by atoms with Crippen molar-refractivity contribution in [2.45, 2.75) is 17.4 Å². The molecule has 3 nitrogen and oxygen atoms in total. The number of ether oxygens (including phenoxy) is 1. The molecule has 2 atom stereocenters. The molecule has 1 aliphatic heterocycles. The van der Waals surface area contributed by atoms with Crippen LogP contribution in [0.4, 0.5) is 0 Å². The highest BCUT2D eigenvalue weighted by molar-refractivity contribution is 7.85. The molecule has 0 saturated carbocycles. The van der Waals surface area contributed by atoms with Gasteiger partial charge in [-0.3, -0.25) is 4.21 Å². The van der Waals surface area contributed by atoms with E-state index in [0.29, 0.717) is 6.04 Å². The van der Waals surface area contributed by atoms with Gasteiger partial charge in [-0.25, -0.2) is 0 Å². The Balaban J connectivity index is 2.48. The highest BCUT2D eigenvalue weighted by atomic mass is 32.2. The van der Waals surface area contributed by atoms with E-state index in [-0.39, 0.29) is 0 Å². The standard InChI is InChI=1S/C11H15NO2S/c1-12-10-5-6-15(13)11-4-3-8(14-2)7-9(10)11/h3-4,7,10,12H,5-6H2,1-2H3. The van der Waals surface area contributed by atoms with Gasteiger partial charge in [-0.2, -0.15) is 0 Å². The number of rotatable bonds is 2. The minimum absolute atomic E-state index is 0.299. The van der Waals surface area contributed by atoms with Crippen molar-refractivity contribution < 1.29 is 8.95 Å². The van der Waals surface area contributed by atoms with Gasteiger partial charge in [-0.05, 0) is 37.2 Å². The first-order chi connectivity index (χ1) is 7.26. The van der Waals surface area contributed by atoms with Gasteiger partial charge in [0.2, 0.25) is 0 Å². The summed E-state index contributed by atoms with van der Waals surface area (Å²) in [6, 6.07) is 6.06. The third-order valence-corrected chi connectivity index (χ3v) is 4.25. The van der Waals surface area contributed by atoms with Gasteiger partial charge >= 0.3 is 0 Å². The molecular formula is C11H15NO2S. The van der Waals surface area contributed by atoms with E-state index < -0.39 is 10.8 Å². The molecule has 0 radical (unpaired) electrons. The van der Waals surface area contributed by atoms with Crippen molar-refractivity contribution in [3.63, 3.8) is 0 Å². The van der Waals surface area contributed by atoms with Crippen LogP contribution in [0.2, 0.25) is 0 Å². The van der Waals surface area contributed by atoms with Gasteiger partial charge in [0.25, 0.3) is 0 Å². The molecule has 0 aromatic heterocycles. The quantitative estimate of drug-likeness (QED) is 0.828. The zero-order valence-electron chi connectivity index (χ0n) is 8.95. The Hall–Kier alpha value is -0.870. The number of hydrogen-bond acceptors (Lipinski definition) is 3. The van der Waals surface area contributed by atoms with Crippen molar-refractivity contribution in [3.05, 3.63) is 23.8 Å². The average molecular weight is 225 g/mol. The Kier molecular flexibility index (Phi) is 3.07. The highest BCUT2D eigenvalue weighted by Gasteiger charge is 2.23. The summed E-state index contributed by atoms with van der Waals surface area (Å²) in [4.78, 5) is 0.946. The number of nitrogens with one attached hydrogen (secondary N) is 1. The van der Waals surface area contributed by atoms with Crippen LogP contribution in [0, 0.1) is 0 Å². The Morgan fingerprint density at radius 3 is 3.00 bits per heavy atom. The number of hydrogen-bond donors (Lipinski definition) is 1. The Bertz CT molecular complexity index is 392. The van der Waals surface area contributed by atoms with Crippen molar-refractivity contribution in [2.24, 2.45) is 0 Å². The SMILES string of the molecule is CNC1CCS(=O)c2ccc(OC)cc21. The van der Waals surface area contributed by atoms with E-state index in [1.54, 1.807) is 7.11 Å². The summed E-state index contributed by atoms with van der Waals surface area (Å²) in [5.74, 6) is 1.57. The average Bonchev–Trinajstić information content (AvgIpc) is 2.29. The monoisotopic (exact) mass is 225 g/mol. The highest BCUT2D eigenvalue weighted by Crippen LogP contribution is 2.32. The summed E-state index contributed by atoms with van der Waals surface area (Å²) >= 11 is 0. The molecule has 82 valence electrons. The predicted octanol–water partition coefficient (Wildman–Crippen LogP) is 1.47. The Morgan fingerprint density at radius 1 is 1.53 bits per heavy atom. The second kappa shape index (κ2) is 4.33. The first kappa shape index (κ1) is 10.6. The molecule has 0 fully saturated rings. The molecule has 1 aromatic carbocycles. The lowest BCUT2D eigenvalue weighted by atomic mass is 10.0. The molecule has 4 heteroatoms. The fourth-order valence-electron chi connectivity index (χ4n) is 1.92. The minimum atomic E-state index is -0.843. The van der Waals surface area contributed by atoms with Gasteiger partial charge in [-0.15, -0.1) is 0 Å². The van der Waals surface area contributed by atoms with Crippen molar-refractivity contribution in [1.29, 1.82) is 0 Å². The predicted molar refractivity (Wildman–Crippen MR) is 60.7 cm³/mol. The lowest BCUT2D eigenvalue weighted by molar-refractivity contribution is 0.412. The summed E-state index contributed by atoms with van der Waals surface area (Å²) in [7, 11) is 2.74. The van der Waals surface area contributed by atoms with E-state index in [0.717, 1.165) is 28.4 Å². The van der Waals surface area contributed by atoms with Gasteiger partial charge in [-0.1, -0.05) is 0 Å². The molecule has 1 heterocycles. The number of benzene rings is 1. The van der Waals surface area contributed by atoms with E-state index in [2.05, 4.69) is 5.32 Å². The van der Waals surface area contributed by atoms with E-state index in [4.69, 9.17) is 4.74 Å². The van der Waals surface area contributed by atoms with Crippen LogP contribution in [0.15, 0.2) is 23.1 Å². The topological polar surface area (TPSA) is 38.3 Å². The van der Waals surface area contributed by atoms with Crippen molar-refractivity contribution in [2.75, 3.05) is 19.9 Å². The molecule has 0 bridgehead atoms. The largest absolute Gasteiger partial charge is 0.497 e. The molecule has 0 amide bonds. The van der Waals surface area contributed by atoms with Gasteiger partial charge < -0.3 is 10.1 Å². The molecule has 1 aliphatic rings. The maximum absolute atomic E-state index is 11.8. The second-order valence-corrected chi connectivity index (χ2v) is 5.12. The molecule has 0 saturated heterocycles. The van der Waals surface area contributed by atoms with Crippen LogP contribution in [-0.2, 0) is 10.8 Å². The number of methoxy groups -OCH3 is 1. The maximum Gasteiger partial charge on any atom is 0.119 e. The fourth-order valence-corrected chi connectivity index (χ4v) is 3.28. The fraction of sp³-hybridized carbons (Fsp3) is 0.455. The molecule has 2 unspecified atom stereocenters. The molecule has 1 N–H and O–H groups in total. The zero-order valence-corrected chi connectivity index (χ0v) is 9.76. The third kappa shape index (κ3) is 1.92. The molecule has 2 rings (SSSR count). The normalized spacial score (nSPS) is 24.7. The van der Waals surface area contributed by atoms with Crippen LogP contribution in [0.3, 0.4) is 0 Å². The lowest BCUT2D eigenvalue weighted by Gasteiger charge is -2.24. The first-order valence-corrected chi connectivity index (χ1v) is 6.31. The Morgan fingerprint density at radius 2 is 2.33 bits per heavy atom. The molecular weight excluding hydrogens is 210 g/mol. The van der Waals surface area contributed by atoms with Crippen LogP contribution in [-0.4, -0.2) is 24.1 Å². The molecule has 0 aliphatic carbocycles. The van der Waals surface area contributed by atoms with Crippen LogP contribution in [0.25, 0.3) is 0 Å². The summed E-state index contributed by atoms with van der Waals surface area (Å²) < 4.78 is 17.0. The summed E-state index contributed by atoms with van der Waals surface area (Å²) in [6.07, 6.45) is 0.920. The number of fused-ring (bicyclic) bond motifs is 1. The molecule has 15 heavy (non-hydrogen) atoms. The van der Waals surface area contributed by atoms with Gasteiger partial charge in [0.1, 0.15) is 5.75 Å². The van der Waals surface area contributed by atoms with Crippen molar-refractivity contribution >= 4 is 10.8 Å². The van der Waals surface area contributed by atoms with Crippen LogP contribution >= 0.6 is 0 Å². The van der Waals surface area contributed by atoms with Crippen LogP contribution < -0.4 is 10.1 Å². The smallest absolute Gasteiger partial charge is 0.119 e. The van der Waals surface area contributed by atoms with Gasteiger partial charge in [0, 0.05) is 16.7 Å². The van der Waals surface area contributed by atoms with E-state index in [1.165, 1.54) is 0 Å². The first-order valence-electron chi connectivity index (χ1n) is 5.00. The van der Waals surface area contributed by atoms with E-state index >= 15 is 0 Å². The van der Waals surface area contributed by atoms with Gasteiger partial charge in [0.15, 0.2) is 0 Å². The van der Waals surface area contributed by atoms with E-state index in [1.807, 2.05) is 25.2 Å². The van der Waals surface area contributed by atoms with Crippen molar-refractivity contribution in [1.82, 2.24) is 5.32 Å². The Labute approximate surface area is 92.3 Å². The zero-order chi connectivity index (χ0) is 10.8. The van der Waals surface area contributed by atoms with Crippen LogP contribution in [0.1, 0.15) is 18.0 Å². The maximum atomic E-state index is 11.8.